The number of nitrogens with one attached hydrogen (secondary N) is 3. The predicted molar refractivity (Wildman–Crippen MR) is 119 cm³/mol. The molecule has 1 aliphatic heterocycles. The molecule has 3 unspecified atom stereocenters. The van der Waals surface area contributed by atoms with Crippen LogP contribution in [0.5, 0.6) is 0 Å². The minimum Gasteiger partial charge on any atom is -0.334 e. The molecule has 2 heterocycles. The number of sulfone groups is 1. The number of aromatic nitrogens is 1. The van der Waals surface area contributed by atoms with E-state index in [1.807, 2.05) is 6.07 Å². The summed E-state index contributed by atoms with van der Waals surface area (Å²) in [4.78, 5) is 16.1. The van der Waals surface area contributed by atoms with Crippen LogP contribution in [0.4, 0.5) is 14.9 Å². The van der Waals surface area contributed by atoms with Gasteiger partial charge in [0.2, 0.25) is 0 Å². The largest absolute Gasteiger partial charge is 0.334 e. The molecule has 2 fully saturated rings. The van der Waals surface area contributed by atoms with Crippen molar-refractivity contribution in [3.8, 4) is 0 Å². The van der Waals surface area contributed by atoms with E-state index in [0.29, 0.717) is 25.1 Å². The fourth-order valence-electron chi connectivity index (χ4n) is 4.33. The molecular weight excluding hydrogens is 433 g/mol. The van der Waals surface area contributed by atoms with Crippen molar-refractivity contribution in [2.45, 2.75) is 54.6 Å². The topological polar surface area (TPSA) is 103 Å². The Morgan fingerprint density at radius 1 is 1.22 bits per heavy atom. The number of alkyl halides is 1. The summed E-state index contributed by atoms with van der Waals surface area (Å²) in [6, 6.07) is 9.14. The van der Waals surface area contributed by atoms with Crippen molar-refractivity contribution in [2.75, 3.05) is 18.4 Å². The number of halogens is 1. The molecule has 2 amide bonds. The minimum absolute atomic E-state index is 0.0377. The Labute approximate surface area is 187 Å². The zero-order chi connectivity index (χ0) is 22.6. The molecule has 10 heteroatoms. The summed E-state index contributed by atoms with van der Waals surface area (Å²) in [5.41, 5.74) is 4.56. The third-order valence-electron chi connectivity index (χ3n) is 6.03. The van der Waals surface area contributed by atoms with E-state index >= 15 is 0 Å². The Morgan fingerprint density at radius 2 is 2.03 bits per heavy atom. The standard InChI is InChI=1S/C22H28FN5O3S/c23-20-13-18(28-12-2-11-26-28)6-9-21(20)32(30,31)19-7-4-17(5-8-19)27-22(29)25-15-16-3-1-10-24-14-16/h1,3-5,7-8,10,14,18,20-21,26H,2,6,9,11-13,15H2,(H2,25,27,29). The minimum atomic E-state index is -3.80. The van der Waals surface area contributed by atoms with Gasteiger partial charge < -0.3 is 10.6 Å². The van der Waals surface area contributed by atoms with Gasteiger partial charge in [-0.1, -0.05) is 6.07 Å². The first-order valence-corrected chi connectivity index (χ1v) is 12.4. The van der Waals surface area contributed by atoms with E-state index in [9.17, 15) is 17.6 Å². The van der Waals surface area contributed by atoms with Gasteiger partial charge in [-0.3, -0.25) is 10.4 Å². The Hall–Kier alpha value is -2.56. The van der Waals surface area contributed by atoms with E-state index < -0.39 is 27.3 Å². The fraction of sp³-hybridized carbons (Fsp3) is 0.455. The molecule has 2 aromatic rings. The van der Waals surface area contributed by atoms with Crippen molar-refractivity contribution in [1.29, 1.82) is 0 Å². The van der Waals surface area contributed by atoms with Crippen LogP contribution in [-0.4, -0.2) is 55.0 Å². The van der Waals surface area contributed by atoms with Gasteiger partial charge in [-0.05, 0) is 61.6 Å². The number of rotatable bonds is 6. The number of carbonyl (C=O) groups is 1. The summed E-state index contributed by atoms with van der Waals surface area (Å²) in [6.07, 6.45) is 4.09. The number of nitrogens with zero attached hydrogens (tertiary/aromatic N) is 2. The molecule has 1 saturated carbocycles. The van der Waals surface area contributed by atoms with Crippen LogP contribution in [0.2, 0.25) is 0 Å². The maximum absolute atomic E-state index is 14.9. The first kappa shape index (κ1) is 22.6. The Kier molecular flexibility index (Phi) is 7.02. The molecule has 0 radical (unpaired) electrons. The maximum Gasteiger partial charge on any atom is 0.319 e. The Bertz CT molecular complexity index is 1010. The lowest BCUT2D eigenvalue weighted by molar-refractivity contribution is 0.0980. The molecule has 172 valence electrons. The highest BCUT2D eigenvalue weighted by molar-refractivity contribution is 7.92. The van der Waals surface area contributed by atoms with Gasteiger partial charge in [0.05, 0.1) is 10.1 Å². The second kappa shape index (κ2) is 9.93. The van der Waals surface area contributed by atoms with E-state index in [1.165, 1.54) is 24.3 Å². The van der Waals surface area contributed by atoms with Crippen molar-refractivity contribution in [3.63, 3.8) is 0 Å². The molecule has 2 aliphatic rings. The average Bonchev–Trinajstić information content (AvgIpc) is 3.34. The third-order valence-corrected chi connectivity index (χ3v) is 8.29. The molecule has 1 aromatic heterocycles. The highest BCUT2D eigenvalue weighted by Crippen LogP contribution is 2.33. The number of carbonyl (C=O) groups excluding carboxylic acids is 1. The van der Waals surface area contributed by atoms with Gasteiger partial charge >= 0.3 is 6.03 Å². The SMILES string of the molecule is O=C(NCc1cccnc1)Nc1ccc(S(=O)(=O)C2CCC(N3CCCN3)CC2F)cc1. The molecule has 1 aliphatic carbocycles. The molecule has 8 nitrogen and oxygen atoms in total. The molecule has 1 saturated heterocycles. The molecular formula is C22H28FN5O3S. The van der Waals surface area contributed by atoms with Crippen molar-refractivity contribution in [3.05, 3.63) is 54.4 Å². The number of hydrogen-bond acceptors (Lipinski definition) is 6. The quantitative estimate of drug-likeness (QED) is 0.611. The third kappa shape index (κ3) is 5.25. The van der Waals surface area contributed by atoms with Crippen LogP contribution in [0.25, 0.3) is 0 Å². The number of urea groups is 1. The summed E-state index contributed by atoms with van der Waals surface area (Å²) in [5, 5.41) is 6.39. The molecule has 0 bridgehead atoms. The average molecular weight is 462 g/mol. The van der Waals surface area contributed by atoms with E-state index in [0.717, 1.165) is 25.1 Å². The lowest BCUT2D eigenvalue weighted by Crippen LogP contribution is -2.48. The van der Waals surface area contributed by atoms with Crippen LogP contribution < -0.4 is 16.1 Å². The number of hydrogen-bond donors (Lipinski definition) is 3. The fourth-order valence-corrected chi connectivity index (χ4v) is 6.14. The summed E-state index contributed by atoms with van der Waals surface area (Å²) in [6.45, 7) is 2.08. The molecule has 0 spiro atoms. The molecule has 3 atom stereocenters. The zero-order valence-electron chi connectivity index (χ0n) is 17.7. The number of pyridine rings is 1. The summed E-state index contributed by atoms with van der Waals surface area (Å²) < 4.78 is 41.0. The van der Waals surface area contributed by atoms with Crippen LogP contribution in [0.15, 0.2) is 53.7 Å². The molecule has 32 heavy (non-hydrogen) atoms. The van der Waals surface area contributed by atoms with Gasteiger partial charge in [0.15, 0.2) is 9.84 Å². The van der Waals surface area contributed by atoms with Crippen LogP contribution in [0.1, 0.15) is 31.2 Å². The van der Waals surface area contributed by atoms with E-state index in [4.69, 9.17) is 0 Å². The van der Waals surface area contributed by atoms with Crippen LogP contribution in [-0.2, 0) is 16.4 Å². The second-order valence-corrected chi connectivity index (χ2v) is 10.4. The molecule has 1 aromatic carbocycles. The molecule has 4 rings (SSSR count). The lowest BCUT2D eigenvalue weighted by Gasteiger charge is -2.36. The molecule has 3 N–H and O–H groups in total. The first-order valence-electron chi connectivity index (χ1n) is 10.9. The number of hydrazine groups is 1. The van der Waals surface area contributed by atoms with Crippen molar-refractivity contribution >= 4 is 21.6 Å². The summed E-state index contributed by atoms with van der Waals surface area (Å²) in [7, 11) is -3.80. The van der Waals surface area contributed by atoms with Gasteiger partial charge in [-0.15, -0.1) is 0 Å². The highest BCUT2D eigenvalue weighted by Gasteiger charge is 2.41. The van der Waals surface area contributed by atoms with Crippen molar-refractivity contribution in [1.82, 2.24) is 20.7 Å². The number of benzene rings is 1. The van der Waals surface area contributed by atoms with Gasteiger partial charge in [0, 0.05) is 43.8 Å². The number of anilines is 1. The maximum atomic E-state index is 14.9. The smallest absolute Gasteiger partial charge is 0.319 e. The number of amides is 2. The van der Waals surface area contributed by atoms with Crippen LogP contribution in [0, 0.1) is 0 Å². The van der Waals surface area contributed by atoms with Gasteiger partial charge in [-0.2, -0.15) is 0 Å². The monoisotopic (exact) mass is 461 g/mol. The zero-order valence-corrected chi connectivity index (χ0v) is 18.5. The van der Waals surface area contributed by atoms with E-state index in [1.54, 1.807) is 18.5 Å². The van der Waals surface area contributed by atoms with Gasteiger partial charge in [0.25, 0.3) is 0 Å². The lowest BCUT2D eigenvalue weighted by atomic mass is 9.93. The van der Waals surface area contributed by atoms with Crippen LogP contribution >= 0.6 is 0 Å². The first-order chi connectivity index (χ1) is 15.4. The summed E-state index contributed by atoms with van der Waals surface area (Å²) in [5.74, 6) is 0. The normalized spacial score (nSPS) is 24.2. The van der Waals surface area contributed by atoms with Gasteiger partial charge in [0.1, 0.15) is 6.17 Å². The van der Waals surface area contributed by atoms with E-state index in [-0.39, 0.29) is 17.4 Å². The van der Waals surface area contributed by atoms with Crippen molar-refractivity contribution in [2.24, 2.45) is 0 Å². The van der Waals surface area contributed by atoms with E-state index in [2.05, 4.69) is 26.1 Å². The van der Waals surface area contributed by atoms with Crippen LogP contribution in [0.3, 0.4) is 0 Å². The summed E-state index contributed by atoms with van der Waals surface area (Å²) >= 11 is 0. The predicted octanol–water partition coefficient (Wildman–Crippen LogP) is 2.65. The highest BCUT2D eigenvalue weighted by atomic mass is 32.2. The van der Waals surface area contributed by atoms with Gasteiger partial charge in [-0.25, -0.2) is 22.6 Å². The Balaban J connectivity index is 1.33. The Morgan fingerprint density at radius 3 is 2.69 bits per heavy atom. The van der Waals surface area contributed by atoms with Crippen molar-refractivity contribution < 1.29 is 17.6 Å². The second-order valence-electron chi connectivity index (χ2n) is 8.21.